The summed E-state index contributed by atoms with van der Waals surface area (Å²) in [7, 11) is -4.18. The molecule has 0 saturated carbocycles. The maximum Gasteiger partial charge on any atom is 0.251 e. The number of amides is 2. The molecule has 16 heteroatoms. The lowest BCUT2D eigenvalue weighted by atomic mass is 9.85. The Morgan fingerprint density at radius 3 is 1.84 bits per heavy atom. The maximum atomic E-state index is 13.5. The second-order valence-electron chi connectivity index (χ2n) is 14.1. The van der Waals surface area contributed by atoms with E-state index in [-0.39, 0.29) is 28.2 Å². The van der Waals surface area contributed by atoms with E-state index in [1.54, 1.807) is 45.3 Å². The normalized spacial score (nSPS) is 14.9. The number of pyridine rings is 1. The summed E-state index contributed by atoms with van der Waals surface area (Å²) in [5, 5.41) is 44.2. The zero-order valence-corrected chi connectivity index (χ0v) is 31.7. The molecule has 2 unspecified atom stereocenters. The van der Waals surface area contributed by atoms with Gasteiger partial charge in [0, 0.05) is 24.5 Å². The molecule has 8 N–H and O–H groups in total. The second-order valence-corrected chi connectivity index (χ2v) is 15.8. The van der Waals surface area contributed by atoms with Crippen LogP contribution in [0.4, 0.5) is 0 Å². The molecular formula is C35H56N8O7S. The summed E-state index contributed by atoms with van der Waals surface area (Å²) >= 11 is 0. The van der Waals surface area contributed by atoms with Gasteiger partial charge in [0.15, 0.2) is 0 Å². The summed E-state index contributed by atoms with van der Waals surface area (Å²) in [6.07, 6.45) is 5.22. The number of oxime groups is 2. The van der Waals surface area contributed by atoms with Crippen molar-refractivity contribution in [1.82, 2.24) is 31.1 Å². The Balaban J connectivity index is 2.12. The molecule has 1 aromatic carbocycles. The highest BCUT2D eigenvalue weighted by molar-refractivity contribution is 7.89. The summed E-state index contributed by atoms with van der Waals surface area (Å²) in [5.74, 6) is -2.21. The number of carbonyl (C=O) groups is 2. The van der Waals surface area contributed by atoms with Gasteiger partial charge in [-0.2, -0.15) is 0 Å². The van der Waals surface area contributed by atoms with Crippen LogP contribution in [0.2, 0.25) is 0 Å². The smallest absolute Gasteiger partial charge is 0.251 e. The molecule has 0 saturated heterocycles. The Morgan fingerprint density at radius 1 is 0.863 bits per heavy atom. The van der Waals surface area contributed by atoms with Gasteiger partial charge in [0.1, 0.15) is 0 Å². The molecule has 2 atom stereocenters. The van der Waals surface area contributed by atoms with E-state index in [0.29, 0.717) is 43.0 Å². The predicted octanol–water partition coefficient (Wildman–Crippen LogP) is 3.83. The van der Waals surface area contributed by atoms with Gasteiger partial charge in [-0.25, -0.2) is 18.6 Å². The number of hydrogen-bond acceptors (Lipinski definition) is 12. The highest BCUT2D eigenvalue weighted by Crippen LogP contribution is 2.30. The van der Waals surface area contributed by atoms with Crippen molar-refractivity contribution in [3.63, 3.8) is 0 Å². The molecule has 0 fully saturated rings. The number of nitrogens with one attached hydrogen (secondary N) is 5. The Hall–Kier alpha value is -3.96. The molecule has 51 heavy (non-hydrogen) atoms. The Kier molecular flexibility index (Phi) is 16.6. The number of rotatable bonds is 21. The molecule has 0 bridgehead atoms. The average Bonchev–Trinajstić information content (AvgIpc) is 3.10. The van der Waals surface area contributed by atoms with Crippen molar-refractivity contribution in [2.24, 2.45) is 28.1 Å². The first-order valence-corrected chi connectivity index (χ1v) is 18.5. The van der Waals surface area contributed by atoms with Crippen LogP contribution in [-0.2, 0) is 14.8 Å². The lowest BCUT2D eigenvalue weighted by Crippen LogP contribution is -2.47. The second kappa shape index (κ2) is 19.6. The van der Waals surface area contributed by atoms with E-state index in [1.807, 2.05) is 27.7 Å². The van der Waals surface area contributed by atoms with Crippen LogP contribution in [0.5, 0.6) is 0 Å². The van der Waals surface area contributed by atoms with Crippen LogP contribution in [0, 0.1) is 17.8 Å². The van der Waals surface area contributed by atoms with E-state index in [4.69, 9.17) is 0 Å². The minimum Gasteiger partial charge on any atom is -0.411 e. The summed E-state index contributed by atoms with van der Waals surface area (Å²) in [4.78, 5) is 29.6. The maximum absolute atomic E-state index is 13.5. The molecule has 0 aliphatic carbocycles. The van der Waals surface area contributed by atoms with E-state index in [9.17, 15) is 33.6 Å². The van der Waals surface area contributed by atoms with Crippen LogP contribution in [0.1, 0.15) is 96.6 Å². The van der Waals surface area contributed by atoms with Gasteiger partial charge in [0.25, 0.3) is 5.91 Å². The molecule has 284 valence electrons. The Labute approximate surface area is 301 Å². The molecule has 1 heterocycles. The van der Waals surface area contributed by atoms with Crippen molar-refractivity contribution < 1.29 is 33.6 Å². The Morgan fingerprint density at radius 2 is 1.39 bits per heavy atom. The van der Waals surface area contributed by atoms with Crippen molar-refractivity contribution in [3.8, 4) is 0 Å². The number of nitrogens with zero attached hydrogens (tertiary/aromatic N) is 3. The average molecular weight is 733 g/mol. The van der Waals surface area contributed by atoms with Crippen molar-refractivity contribution in [2.75, 3.05) is 19.6 Å². The summed E-state index contributed by atoms with van der Waals surface area (Å²) in [6.45, 7) is 16.4. The van der Waals surface area contributed by atoms with Gasteiger partial charge >= 0.3 is 0 Å². The highest BCUT2D eigenvalue weighted by atomic mass is 32.2. The third kappa shape index (κ3) is 12.9. The lowest BCUT2D eigenvalue weighted by molar-refractivity contribution is -0.135. The highest BCUT2D eigenvalue weighted by Gasteiger charge is 2.36. The molecule has 15 nitrogen and oxygen atoms in total. The molecule has 2 amide bonds. The summed E-state index contributed by atoms with van der Waals surface area (Å²) < 4.78 is 29.6. The molecule has 0 spiro atoms. The van der Waals surface area contributed by atoms with Crippen molar-refractivity contribution in [2.45, 2.75) is 96.7 Å². The molecule has 2 aromatic rings. The number of hydroxylamine groups is 1. The molecule has 2 rings (SSSR count). The quantitative estimate of drug-likeness (QED) is 0.0401. The van der Waals surface area contributed by atoms with Crippen LogP contribution in [-0.4, -0.2) is 83.0 Å². The molecule has 0 radical (unpaired) electrons. The fraction of sp³-hybridized carbons (Fsp3) is 0.571. The van der Waals surface area contributed by atoms with E-state index < -0.39 is 39.0 Å². The Bertz CT molecular complexity index is 1540. The molecule has 1 aromatic heterocycles. The third-order valence-corrected chi connectivity index (χ3v) is 10.9. The summed E-state index contributed by atoms with van der Waals surface area (Å²) in [6, 6.07) is 7.74. The fourth-order valence-electron chi connectivity index (χ4n) is 5.45. The zero-order chi connectivity index (χ0) is 38.4. The number of carbonyl (C=O) groups excluding carboxylic acids is 2. The van der Waals surface area contributed by atoms with E-state index >= 15 is 0 Å². The zero-order valence-electron chi connectivity index (χ0n) is 30.9. The van der Waals surface area contributed by atoms with Crippen molar-refractivity contribution >= 4 is 33.3 Å². The topological polar surface area (TPSA) is 227 Å². The van der Waals surface area contributed by atoms with Gasteiger partial charge in [-0.15, -0.1) is 0 Å². The molecule has 0 aliphatic heterocycles. The standard InChI is InChI=1S/C35H56N8O7S/c1-23(2)30(33(45)42-48)31(28-10-9-18-36-22-28)43-51(49,50)29-13-11-27(12-14-29)32(44)37-19-15-26(16-20-38-34(5,6)24(3)40-46)17-21-39-35(7,8)25(4)41-47/h9-14,18,22-23,26,30-31,38-39,43,46-48H,15-17,19-21H2,1-8H3,(H,37,44)(H,42,45)/b40-24+,41-25+. The van der Waals surface area contributed by atoms with Gasteiger partial charge in [0.2, 0.25) is 15.9 Å². The number of sulfonamides is 1. The number of aromatic nitrogens is 1. The number of benzene rings is 1. The van der Waals surface area contributed by atoms with Crippen molar-refractivity contribution in [1.29, 1.82) is 0 Å². The van der Waals surface area contributed by atoms with Crippen LogP contribution < -0.4 is 26.2 Å². The third-order valence-electron chi connectivity index (χ3n) is 9.43. The molecule has 0 aliphatic rings. The van der Waals surface area contributed by atoms with E-state index in [0.717, 1.165) is 12.8 Å². The number of hydrogen-bond donors (Lipinski definition) is 8. The van der Waals surface area contributed by atoms with Gasteiger partial charge < -0.3 is 26.4 Å². The van der Waals surface area contributed by atoms with Crippen LogP contribution >= 0.6 is 0 Å². The SMILES string of the molecule is C/C(=N\O)C(C)(C)NCCC(CCNC(=O)c1ccc(S(=O)(=O)NC(c2cccnc2)C(C(=O)NO)C(C)C)cc1)CCNC(C)(C)/C(C)=N/O. The van der Waals surface area contributed by atoms with Gasteiger partial charge in [-0.3, -0.25) is 19.8 Å². The van der Waals surface area contributed by atoms with Gasteiger partial charge in [-0.1, -0.05) is 30.2 Å². The van der Waals surface area contributed by atoms with Gasteiger partial charge in [-0.05, 0) is 122 Å². The lowest BCUT2D eigenvalue weighted by Gasteiger charge is -2.29. The first kappa shape index (κ1) is 43.2. The van der Waals surface area contributed by atoms with Crippen molar-refractivity contribution in [3.05, 3.63) is 59.9 Å². The van der Waals surface area contributed by atoms with Gasteiger partial charge in [0.05, 0.1) is 39.4 Å². The van der Waals surface area contributed by atoms with E-state index in [2.05, 4.69) is 36.0 Å². The van der Waals surface area contributed by atoms with Crippen LogP contribution in [0.15, 0.2) is 64.0 Å². The largest absolute Gasteiger partial charge is 0.411 e. The first-order chi connectivity index (χ1) is 23.9. The monoisotopic (exact) mass is 732 g/mol. The fourth-order valence-corrected chi connectivity index (χ4v) is 6.70. The first-order valence-electron chi connectivity index (χ1n) is 17.0. The predicted molar refractivity (Wildman–Crippen MR) is 196 cm³/mol. The van der Waals surface area contributed by atoms with Crippen LogP contribution in [0.25, 0.3) is 0 Å². The van der Waals surface area contributed by atoms with Crippen LogP contribution in [0.3, 0.4) is 0 Å². The molecular weight excluding hydrogens is 677 g/mol. The minimum atomic E-state index is -4.18. The van der Waals surface area contributed by atoms with E-state index in [1.165, 1.54) is 36.7 Å². The minimum absolute atomic E-state index is 0.103. The summed E-state index contributed by atoms with van der Waals surface area (Å²) in [5.41, 5.74) is 2.48.